The number of para-hydroxylation sites is 1. The molecule has 2 heterocycles. The Hall–Kier alpha value is -1.97. The highest BCUT2D eigenvalue weighted by Gasteiger charge is 2.31. The first-order valence-corrected chi connectivity index (χ1v) is 5.67. The zero-order chi connectivity index (χ0) is 11.8. The molecule has 0 radical (unpaired) electrons. The molecule has 1 atom stereocenters. The van der Waals surface area contributed by atoms with Crippen LogP contribution in [0.15, 0.2) is 30.5 Å². The van der Waals surface area contributed by atoms with Gasteiger partial charge >= 0.3 is 5.97 Å². The number of ether oxygens (including phenoxy) is 1. The van der Waals surface area contributed by atoms with Gasteiger partial charge < -0.3 is 14.7 Å². The number of hydrogen-bond donors (Lipinski definition) is 1. The minimum atomic E-state index is -0.727. The van der Waals surface area contributed by atoms with Gasteiger partial charge in [0.2, 0.25) is 0 Å². The molecule has 1 aromatic rings. The van der Waals surface area contributed by atoms with Gasteiger partial charge in [-0.1, -0.05) is 12.1 Å². The highest BCUT2D eigenvalue weighted by atomic mass is 16.5. The minimum absolute atomic E-state index is 0.329. The minimum Gasteiger partial charge on any atom is -0.481 e. The summed E-state index contributed by atoms with van der Waals surface area (Å²) in [4.78, 5) is 13.2. The van der Waals surface area contributed by atoms with Crippen molar-refractivity contribution in [3.63, 3.8) is 0 Å². The average molecular weight is 231 g/mol. The fourth-order valence-corrected chi connectivity index (χ4v) is 2.50. The molecule has 88 valence electrons. The van der Waals surface area contributed by atoms with Gasteiger partial charge in [0.05, 0.1) is 17.9 Å². The molecule has 0 saturated heterocycles. The normalized spacial score (nSPS) is 21.4. The predicted molar refractivity (Wildman–Crippen MR) is 63.3 cm³/mol. The SMILES string of the molecule is O=C(O)C1Cc2cccc3c2N(CC=CO3)C1. The van der Waals surface area contributed by atoms with Crippen LogP contribution in [-0.4, -0.2) is 24.2 Å². The van der Waals surface area contributed by atoms with E-state index in [1.807, 2.05) is 24.3 Å². The maximum Gasteiger partial charge on any atom is 0.308 e. The van der Waals surface area contributed by atoms with E-state index >= 15 is 0 Å². The van der Waals surface area contributed by atoms with Gasteiger partial charge in [-0.25, -0.2) is 0 Å². The van der Waals surface area contributed by atoms with Crippen LogP contribution >= 0.6 is 0 Å². The second kappa shape index (κ2) is 3.80. The van der Waals surface area contributed by atoms with Gasteiger partial charge in [0.15, 0.2) is 0 Å². The Morgan fingerprint density at radius 3 is 3.18 bits per heavy atom. The molecule has 1 aromatic carbocycles. The third-order valence-corrected chi connectivity index (χ3v) is 3.27. The smallest absolute Gasteiger partial charge is 0.308 e. The van der Waals surface area contributed by atoms with E-state index in [0.717, 1.165) is 17.0 Å². The molecule has 0 bridgehead atoms. The van der Waals surface area contributed by atoms with E-state index in [0.29, 0.717) is 19.5 Å². The molecule has 0 fully saturated rings. The van der Waals surface area contributed by atoms with E-state index in [1.165, 1.54) is 0 Å². The third kappa shape index (κ3) is 1.65. The number of anilines is 1. The Morgan fingerprint density at radius 2 is 2.35 bits per heavy atom. The van der Waals surface area contributed by atoms with E-state index in [9.17, 15) is 4.79 Å². The van der Waals surface area contributed by atoms with Crippen LogP contribution in [0.25, 0.3) is 0 Å². The fourth-order valence-electron chi connectivity index (χ4n) is 2.50. The summed E-state index contributed by atoms with van der Waals surface area (Å²) in [6.45, 7) is 1.25. The molecule has 1 N–H and O–H groups in total. The first kappa shape index (κ1) is 10.2. The van der Waals surface area contributed by atoms with Crippen molar-refractivity contribution in [3.05, 3.63) is 36.1 Å². The molecule has 1 unspecified atom stereocenters. The van der Waals surface area contributed by atoms with Crippen molar-refractivity contribution in [1.82, 2.24) is 0 Å². The third-order valence-electron chi connectivity index (χ3n) is 3.27. The van der Waals surface area contributed by atoms with Crippen LogP contribution in [0.3, 0.4) is 0 Å². The first-order valence-electron chi connectivity index (χ1n) is 5.67. The second-order valence-electron chi connectivity index (χ2n) is 4.40. The van der Waals surface area contributed by atoms with Crippen LogP contribution in [0.5, 0.6) is 5.75 Å². The Bertz CT molecular complexity index is 495. The van der Waals surface area contributed by atoms with Crippen molar-refractivity contribution in [1.29, 1.82) is 0 Å². The van der Waals surface area contributed by atoms with Crippen molar-refractivity contribution in [2.75, 3.05) is 18.0 Å². The number of hydrogen-bond acceptors (Lipinski definition) is 3. The van der Waals surface area contributed by atoms with E-state index < -0.39 is 5.97 Å². The summed E-state index contributed by atoms with van der Waals surface area (Å²) in [5, 5.41) is 9.16. The van der Waals surface area contributed by atoms with Gasteiger partial charge in [-0.2, -0.15) is 0 Å². The Labute approximate surface area is 99.1 Å². The molecule has 17 heavy (non-hydrogen) atoms. The van der Waals surface area contributed by atoms with Gasteiger partial charge in [-0.3, -0.25) is 4.79 Å². The number of rotatable bonds is 1. The molecule has 2 aliphatic rings. The molecule has 0 amide bonds. The molecule has 0 aliphatic carbocycles. The first-order chi connectivity index (χ1) is 8.25. The fraction of sp³-hybridized carbons (Fsp3) is 0.308. The topological polar surface area (TPSA) is 49.8 Å². The molecular formula is C13H13NO3. The summed E-state index contributed by atoms with van der Waals surface area (Å²) < 4.78 is 5.52. The number of benzene rings is 1. The van der Waals surface area contributed by atoms with Gasteiger partial charge in [-0.05, 0) is 24.1 Å². The lowest BCUT2D eigenvalue weighted by molar-refractivity contribution is -0.141. The molecule has 0 spiro atoms. The lowest BCUT2D eigenvalue weighted by Gasteiger charge is -2.33. The van der Waals surface area contributed by atoms with Crippen LogP contribution in [0.1, 0.15) is 5.56 Å². The van der Waals surface area contributed by atoms with E-state index in [-0.39, 0.29) is 5.92 Å². The van der Waals surface area contributed by atoms with Gasteiger partial charge in [0, 0.05) is 13.1 Å². The van der Waals surface area contributed by atoms with Gasteiger partial charge in [0.25, 0.3) is 0 Å². The lowest BCUT2D eigenvalue weighted by atomic mass is 9.92. The number of nitrogens with zero attached hydrogens (tertiary/aromatic N) is 1. The monoisotopic (exact) mass is 231 g/mol. The molecular weight excluding hydrogens is 218 g/mol. The van der Waals surface area contributed by atoms with Crippen LogP contribution in [0.2, 0.25) is 0 Å². The Kier molecular flexibility index (Phi) is 2.28. The highest BCUT2D eigenvalue weighted by Crippen LogP contribution is 2.38. The molecule has 4 heteroatoms. The second-order valence-corrected chi connectivity index (χ2v) is 4.40. The summed E-state index contributed by atoms with van der Waals surface area (Å²) in [5.74, 6) is -0.237. The van der Waals surface area contributed by atoms with E-state index in [1.54, 1.807) is 6.26 Å². The summed E-state index contributed by atoms with van der Waals surface area (Å²) in [6.07, 6.45) is 4.16. The zero-order valence-electron chi connectivity index (χ0n) is 9.30. The summed E-state index contributed by atoms with van der Waals surface area (Å²) in [5.41, 5.74) is 2.11. The maximum absolute atomic E-state index is 11.1. The van der Waals surface area contributed by atoms with Crippen molar-refractivity contribution < 1.29 is 14.6 Å². The molecule has 3 rings (SSSR count). The Morgan fingerprint density at radius 1 is 1.47 bits per heavy atom. The molecule has 0 saturated carbocycles. The summed E-state index contributed by atoms with van der Waals surface area (Å²) in [6, 6.07) is 5.81. The van der Waals surface area contributed by atoms with Crippen molar-refractivity contribution >= 4 is 11.7 Å². The van der Waals surface area contributed by atoms with Crippen molar-refractivity contribution in [3.8, 4) is 5.75 Å². The van der Waals surface area contributed by atoms with Crippen LogP contribution < -0.4 is 9.64 Å². The number of aliphatic carboxylic acids is 1. The summed E-state index contributed by atoms with van der Waals surface area (Å²) in [7, 11) is 0. The van der Waals surface area contributed by atoms with Gasteiger partial charge in [0.1, 0.15) is 5.75 Å². The number of carbonyl (C=O) groups is 1. The molecule has 4 nitrogen and oxygen atoms in total. The summed E-state index contributed by atoms with van der Waals surface area (Å²) >= 11 is 0. The lowest BCUT2D eigenvalue weighted by Crippen LogP contribution is -2.38. The van der Waals surface area contributed by atoms with Crippen molar-refractivity contribution in [2.45, 2.75) is 6.42 Å². The Balaban J connectivity index is 2.07. The van der Waals surface area contributed by atoms with Gasteiger partial charge in [-0.15, -0.1) is 0 Å². The standard InChI is InChI=1S/C13H13NO3/c15-13(16)10-7-9-3-1-4-11-12(9)14(8-10)5-2-6-17-11/h1-4,6,10H,5,7-8H2,(H,15,16). The van der Waals surface area contributed by atoms with E-state index in [2.05, 4.69) is 4.90 Å². The van der Waals surface area contributed by atoms with Crippen LogP contribution in [0, 0.1) is 5.92 Å². The number of carboxylic acid groups (broad SMARTS) is 1. The highest BCUT2D eigenvalue weighted by molar-refractivity contribution is 5.76. The molecule has 0 aromatic heterocycles. The van der Waals surface area contributed by atoms with Crippen LogP contribution in [0.4, 0.5) is 5.69 Å². The molecule has 2 aliphatic heterocycles. The largest absolute Gasteiger partial charge is 0.481 e. The zero-order valence-corrected chi connectivity index (χ0v) is 9.30. The maximum atomic E-state index is 11.1. The van der Waals surface area contributed by atoms with E-state index in [4.69, 9.17) is 9.84 Å². The quantitative estimate of drug-likeness (QED) is 0.798. The number of carboxylic acids is 1. The van der Waals surface area contributed by atoms with Crippen molar-refractivity contribution in [2.24, 2.45) is 5.92 Å². The predicted octanol–water partition coefficient (Wildman–Crippen LogP) is 1.66. The van der Waals surface area contributed by atoms with Crippen LogP contribution in [-0.2, 0) is 11.2 Å². The average Bonchev–Trinajstić information content (AvgIpc) is 2.53.